The molecule has 0 spiro atoms. The molecule has 2 aliphatic heterocycles. The van der Waals surface area contributed by atoms with Gasteiger partial charge in [-0.15, -0.1) is 0 Å². The summed E-state index contributed by atoms with van der Waals surface area (Å²) in [6.07, 6.45) is 0. The first-order valence-electron chi connectivity index (χ1n) is 8.86. The maximum atomic E-state index is 12.9. The molecule has 0 fully saturated rings. The first kappa shape index (κ1) is 18.9. The third kappa shape index (κ3) is 3.38. The lowest BCUT2D eigenvalue weighted by Gasteiger charge is -2.17. The van der Waals surface area contributed by atoms with Gasteiger partial charge in [0.1, 0.15) is 5.75 Å². The molecule has 0 aliphatic carbocycles. The number of rotatable bonds is 5. The maximum absolute atomic E-state index is 12.9. The fourth-order valence-corrected chi connectivity index (χ4v) is 5.67. The number of sulfonamides is 1. The van der Waals surface area contributed by atoms with E-state index >= 15 is 0 Å². The lowest BCUT2D eigenvalue weighted by molar-refractivity contribution is 0.411. The molecule has 4 rings (SSSR count). The molecular weight excluding hydrogens is 394 g/mol. The summed E-state index contributed by atoms with van der Waals surface area (Å²) in [5.74, 6) is 0.674. The van der Waals surface area contributed by atoms with Crippen molar-refractivity contribution in [3.05, 3.63) is 58.5 Å². The first-order chi connectivity index (χ1) is 13.4. The molecule has 6 nitrogen and oxygen atoms in total. The van der Waals surface area contributed by atoms with Crippen molar-refractivity contribution in [2.75, 3.05) is 24.9 Å². The highest BCUT2D eigenvalue weighted by Gasteiger charge is 2.27. The number of nitrogens with one attached hydrogen (secondary N) is 1. The molecule has 0 bridgehead atoms. The molecule has 146 valence electrons. The smallest absolute Gasteiger partial charge is 0.262 e. The van der Waals surface area contributed by atoms with Crippen LogP contribution in [0.2, 0.25) is 0 Å². The van der Waals surface area contributed by atoms with Crippen LogP contribution in [0.5, 0.6) is 5.75 Å². The highest BCUT2D eigenvalue weighted by Crippen LogP contribution is 2.35. The Labute approximate surface area is 169 Å². The molecule has 8 heteroatoms. The average Bonchev–Trinajstić information content (AvgIpc) is 3.27. The average molecular weight is 416 g/mol. The third-order valence-corrected chi connectivity index (χ3v) is 7.21. The molecule has 1 N–H and O–H groups in total. The number of anilines is 1. The molecule has 28 heavy (non-hydrogen) atoms. The summed E-state index contributed by atoms with van der Waals surface area (Å²) >= 11 is 1.63. The minimum atomic E-state index is -3.69. The highest BCUT2D eigenvalue weighted by molar-refractivity contribution is 8.16. The second-order valence-electron chi connectivity index (χ2n) is 6.71. The molecule has 0 aromatic heterocycles. The summed E-state index contributed by atoms with van der Waals surface area (Å²) in [5.41, 5.74) is 4.09. The van der Waals surface area contributed by atoms with Gasteiger partial charge in [-0.2, -0.15) is 0 Å². The van der Waals surface area contributed by atoms with Crippen molar-refractivity contribution in [2.24, 2.45) is 4.99 Å². The van der Waals surface area contributed by atoms with E-state index in [4.69, 9.17) is 4.74 Å². The predicted octanol–water partition coefficient (Wildman–Crippen LogP) is 3.83. The Morgan fingerprint density at radius 2 is 1.89 bits per heavy atom. The van der Waals surface area contributed by atoms with Crippen LogP contribution >= 0.6 is 11.8 Å². The van der Waals surface area contributed by atoms with E-state index in [0.717, 1.165) is 35.1 Å². The van der Waals surface area contributed by atoms with E-state index in [1.54, 1.807) is 50.1 Å². The van der Waals surface area contributed by atoms with E-state index in [-0.39, 0.29) is 4.90 Å². The van der Waals surface area contributed by atoms with Crippen LogP contribution in [-0.4, -0.2) is 38.7 Å². The van der Waals surface area contributed by atoms with Gasteiger partial charge in [-0.1, -0.05) is 23.9 Å². The van der Waals surface area contributed by atoms with Crippen LogP contribution in [0.4, 0.5) is 5.69 Å². The molecule has 0 radical (unpaired) electrons. The molecule has 2 heterocycles. The normalized spacial score (nSPS) is 15.9. The molecular formula is C20H21N3O3S2. The van der Waals surface area contributed by atoms with Gasteiger partial charge >= 0.3 is 0 Å². The molecule has 2 aromatic rings. The number of methoxy groups -OCH3 is 1. The van der Waals surface area contributed by atoms with Gasteiger partial charge in [-0.25, -0.2) is 8.42 Å². The minimum absolute atomic E-state index is 0.252. The van der Waals surface area contributed by atoms with Gasteiger partial charge in [-0.3, -0.25) is 9.71 Å². The molecule has 0 saturated heterocycles. The summed E-state index contributed by atoms with van der Waals surface area (Å²) in [5, 5.41) is 3.12. The maximum Gasteiger partial charge on any atom is 0.262 e. The Kier molecular flexibility index (Phi) is 4.84. The molecule has 0 amide bonds. The summed E-state index contributed by atoms with van der Waals surface area (Å²) < 4.78 is 33.7. The second-order valence-corrected chi connectivity index (χ2v) is 9.19. The Balaban J connectivity index is 1.56. The van der Waals surface area contributed by atoms with Gasteiger partial charge in [0.15, 0.2) is 5.17 Å². The van der Waals surface area contributed by atoms with Crippen molar-refractivity contribution in [3.63, 3.8) is 0 Å². The molecule has 2 aliphatic rings. The number of thioether (sulfide) groups is 1. The van der Waals surface area contributed by atoms with E-state index in [1.165, 1.54) is 0 Å². The fraction of sp³-hybridized carbons (Fsp3) is 0.250. The van der Waals surface area contributed by atoms with Gasteiger partial charge in [0.05, 0.1) is 24.2 Å². The lowest BCUT2D eigenvalue weighted by atomic mass is 10.1. The van der Waals surface area contributed by atoms with Crippen LogP contribution in [-0.2, 0) is 10.0 Å². The number of nitrogens with zero attached hydrogens (tertiary/aromatic N) is 2. The SMILES string of the molecule is COc1cc(C)c(S(=O)(=O)Nc2ccc(C3=CSC4=NCCN34)cc2)cc1C. The Bertz CT molecular complexity index is 1090. The van der Waals surface area contributed by atoms with Gasteiger partial charge in [0.25, 0.3) is 10.0 Å². The molecule has 0 atom stereocenters. The fourth-order valence-electron chi connectivity index (χ4n) is 3.34. The summed E-state index contributed by atoms with van der Waals surface area (Å²) in [6, 6.07) is 10.8. The van der Waals surface area contributed by atoms with Crippen LogP contribution in [0, 0.1) is 13.8 Å². The zero-order chi connectivity index (χ0) is 19.9. The summed E-state index contributed by atoms with van der Waals surface area (Å²) in [6.45, 7) is 5.30. The predicted molar refractivity (Wildman–Crippen MR) is 114 cm³/mol. The number of hydrogen-bond acceptors (Lipinski definition) is 6. The van der Waals surface area contributed by atoms with Gasteiger partial charge < -0.3 is 9.64 Å². The first-order valence-corrected chi connectivity index (χ1v) is 11.2. The monoisotopic (exact) mass is 415 g/mol. The number of ether oxygens (including phenoxy) is 1. The number of benzene rings is 2. The zero-order valence-corrected chi connectivity index (χ0v) is 17.5. The van der Waals surface area contributed by atoms with Gasteiger partial charge in [0.2, 0.25) is 0 Å². The zero-order valence-electron chi connectivity index (χ0n) is 15.9. The van der Waals surface area contributed by atoms with Gasteiger partial charge in [-0.05, 0) is 54.8 Å². The molecule has 2 aromatic carbocycles. The number of aryl methyl sites for hydroxylation is 2. The van der Waals surface area contributed by atoms with Crippen molar-refractivity contribution in [1.29, 1.82) is 0 Å². The van der Waals surface area contributed by atoms with Gasteiger partial charge in [0, 0.05) is 17.6 Å². The van der Waals surface area contributed by atoms with E-state index in [2.05, 4.69) is 20.0 Å². The van der Waals surface area contributed by atoms with Crippen LogP contribution in [0.15, 0.2) is 51.7 Å². The van der Waals surface area contributed by atoms with Crippen molar-refractivity contribution in [3.8, 4) is 5.75 Å². The minimum Gasteiger partial charge on any atom is -0.496 e. The van der Waals surface area contributed by atoms with E-state index in [9.17, 15) is 8.42 Å². The third-order valence-electron chi connectivity index (χ3n) is 4.78. The lowest BCUT2D eigenvalue weighted by Crippen LogP contribution is -2.19. The topological polar surface area (TPSA) is 71.0 Å². The largest absolute Gasteiger partial charge is 0.496 e. The second kappa shape index (κ2) is 7.18. The quantitative estimate of drug-likeness (QED) is 0.804. The number of fused-ring (bicyclic) bond motifs is 1. The van der Waals surface area contributed by atoms with Crippen LogP contribution in [0.1, 0.15) is 16.7 Å². The number of hydrogen-bond donors (Lipinski definition) is 1. The van der Waals surface area contributed by atoms with Crippen molar-refractivity contribution < 1.29 is 13.2 Å². The molecule has 0 unspecified atom stereocenters. The van der Waals surface area contributed by atoms with E-state index in [0.29, 0.717) is 17.0 Å². The van der Waals surface area contributed by atoms with Crippen molar-refractivity contribution in [1.82, 2.24) is 4.90 Å². The molecule has 0 saturated carbocycles. The summed E-state index contributed by atoms with van der Waals surface area (Å²) in [7, 11) is -2.12. The van der Waals surface area contributed by atoms with Crippen molar-refractivity contribution in [2.45, 2.75) is 18.7 Å². The van der Waals surface area contributed by atoms with Crippen LogP contribution < -0.4 is 9.46 Å². The number of aliphatic imine (C=N–C) groups is 1. The Morgan fingerprint density at radius 3 is 2.61 bits per heavy atom. The Hall–Kier alpha value is -2.45. The highest BCUT2D eigenvalue weighted by atomic mass is 32.2. The Morgan fingerprint density at radius 1 is 1.14 bits per heavy atom. The van der Waals surface area contributed by atoms with Crippen LogP contribution in [0.25, 0.3) is 5.70 Å². The van der Waals surface area contributed by atoms with Crippen LogP contribution in [0.3, 0.4) is 0 Å². The standard InChI is InChI=1S/C20H21N3O3S2/c1-13-11-19(14(2)10-18(13)26-3)28(24,25)22-16-6-4-15(5-7-16)17-12-27-20-21-8-9-23(17)20/h4-7,10-12,22H,8-9H2,1-3H3. The van der Waals surface area contributed by atoms with E-state index in [1.807, 2.05) is 19.1 Å². The number of amidine groups is 1. The summed E-state index contributed by atoms with van der Waals surface area (Å²) in [4.78, 5) is 6.89. The van der Waals surface area contributed by atoms with E-state index < -0.39 is 10.0 Å². The van der Waals surface area contributed by atoms with Crippen molar-refractivity contribution >= 4 is 38.3 Å².